The molecule has 0 saturated heterocycles. The summed E-state index contributed by atoms with van der Waals surface area (Å²) >= 11 is 0. The molecule has 0 aliphatic carbocycles. The smallest absolute Gasteiger partial charge is 0.180 e. The van der Waals surface area contributed by atoms with E-state index in [1.807, 2.05) is 36.6 Å². The standard InChI is InChI=1S/C12H13N3O/c1-3-16-11-5-4-8-15-10(6-7-13)9(2)14-12(11)15/h4-5,8H,3,6H2,1-2H3. The second-order valence-electron chi connectivity index (χ2n) is 3.48. The Balaban J connectivity index is 2.63. The van der Waals surface area contributed by atoms with Crippen molar-refractivity contribution in [3.05, 3.63) is 29.7 Å². The third-order valence-corrected chi connectivity index (χ3v) is 2.46. The summed E-state index contributed by atoms with van der Waals surface area (Å²) in [6.07, 6.45) is 2.27. The molecular weight excluding hydrogens is 202 g/mol. The topological polar surface area (TPSA) is 50.3 Å². The molecule has 0 bridgehead atoms. The van der Waals surface area contributed by atoms with E-state index in [1.165, 1.54) is 0 Å². The summed E-state index contributed by atoms with van der Waals surface area (Å²) in [6, 6.07) is 5.95. The number of hydrogen-bond acceptors (Lipinski definition) is 3. The molecule has 82 valence electrons. The lowest BCUT2D eigenvalue weighted by molar-refractivity contribution is 0.342. The Morgan fingerprint density at radius 1 is 1.56 bits per heavy atom. The normalized spacial score (nSPS) is 10.3. The van der Waals surface area contributed by atoms with Gasteiger partial charge in [-0.3, -0.25) is 4.40 Å². The van der Waals surface area contributed by atoms with E-state index >= 15 is 0 Å². The molecule has 0 spiro atoms. The van der Waals surface area contributed by atoms with Crippen molar-refractivity contribution >= 4 is 5.65 Å². The van der Waals surface area contributed by atoms with E-state index in [0.29, 0.717) is 13.0 Å². The lowest BCUT2D eigenvalue weighted by atomic mass is 10.3. The monoisotopic (exact) mass is 215 g/mol. The molecule has 0 aliphatic rings. The predicted molar refractivity (Wildman–Crippen MR) is 60.4 cm³/mol. The van der Waals surface area contributed by atoms with Gasteiger partial charge in [0, 0.05) is 6.20 Å². The molecule has 16 heavy (non-hydrogen) atoms. The second kappa shape index (κ2) is 4.23. The molecule has 4 heteroatoms. The summed E-state index contributed by atoms with van der Waals surface area (Å²) in [6.45, 7) is 4.46. The summed E-state index contributed by atoms with van der Waals surface area (Å²) in [5.74, 6) is 0.761. The molecule has 0 atom stereocenters. The molecular formula is C12H13N3O. The van der Waals surface area contributed by atoms with Gasteiger partial charge in [-0.15, -0.1) is 0 Å². The Labute approximate surface area is 94.1 Å². The first-order valence-electron chi connectivity index (χ1n) is 5.24. The van der Waals surface area contributed by atoms with Crippen molar-refractivity contribution < 1.29 is 4.74 Å². The molecule has 2 aromatic rings. The lowest BCUT2D eigenvalue weighted by Gasteiger charge is -2.04. The second-order valence-corrected chi connectivity index (χ2v) is 3.48. The van der Waals surface area contributed by atoms with Gasteiger partial charge in [0.15, 0.2) is 11.4 Å². The fraction of sp³-hybridized carbons (Fsp3) is 0.333. The summed E-state index contributed by atoms with van der Waals surface area (Å²) in [5.41, 5.74) is 2.60. The zero-order valence-electron chi connectivity index (χ0n) is 9.40. The number of ether oxygens (including phenoxy) is 1. The van der Waals surface area contributed by atoms with Crippen LogP contribution in [0.15, 0.2) is 18.3 Å². The maximum Gasteiger partial charge on any atom is 0.180 e. The van der Waals surface area contributed by atoms with Gasteiger partial charge in [0.25, 0.3) is 0 Å². The first kappa shape index (κ1) is 10.5. The van der Waals surface area contributed by atoms with Gasteiger partial charge in [0.2, 0.25) is 0 Å². The van der Waals surface area contributed by atoms with Crippen LogP contribution in [0.5, 0.6) is 5.75 Å². The first-order valence-corrected chi connectivity index (χ1v) is 5.24. The molecule has 0 saturated carbocycles. The van der Waals surface area contributed by atoms with Gasteiger partial charge in [0.05, 0.1) is 30.5 Å². The Morgan fingerprint density at radius 2 is 2.38 bits per heavy atom. The number of aromatic nitrogens is 2. The van der Waals surface area contributed by atoms with Gasteiger partial charge in [-0.05, 0) is 26.0 Å². The predicted octanol–water partition coefficient (Wildman–Crippen LogP) is 2.11. The molecule has 0 aromatic carbocycles. The van der Waals surface area contributed by atoms with Crippen LogP contribution in [0.2, 0.25) is 0 Å². The molecule has 4 nitrogen and oxygen atoms in total. The highest BCUT2D eigenvalue weighted by atomic mass is 16.5. The van der Waals surface area contributed by atoms with Crippen molar-refractivity contribution in [3.63, 3.8) is 0 Å². The van der Waals surface area contributed by atoms with E-state index in [4.69, 9.17) is 10.00 Å². The number of aryl methyl sites for hydroxylation is 1. The van der Waals surface area contributed by atoms with Gasteiger partial charge >= 0.3 is 0 Å². The van der Waals surface area contributed by atoms with E-state index in [-0.39, 0.29) is 0 Å². The van der Waals surface area contributed by atoms with Crippen LogP contribution in [0.4, 0.5) is 0 Å². The summed E-state index contributed by atoms with van der Waals surface area (Å²) < 4.78 is 7.42. The Kier molecular flexibility index (Phi) is 2.78. The first-order chi connectivity index (χ1) is 7.77. The fourth-order valence-corrected chi connectivity index (χ4v) is 1.76. The molecule has 0 aliphatic heterocycles. The lowest BCUT2D eigenvalue weighted by Crippen LogP contribution is -1.97. The van der Waals surface area contributed by atoms with Crippen LogP contribution < -0.4 is 4.74 Å². The highest BCUT2D eigenvalue weighted by Crippen LogP contribution is 2.22. The van der Waals surface area contributed by atoms with Gasteiger partial charge in [0.1, 0.15) is 0 Å². The number of rotatable bonds is 3. The molecule has 0 unspecified atom stereocenters. The van der Waals surface area contributed by atoms with Gasteiger partial charge in [-0.1, -0.05) is 0 Å². The van der Waals surface area contributed by atoms with Crippen LogP contribution in [0, 0.1) is 18.3 Å². The Bertz CT molecular complexity index is 551. The number of nitriles is 1. The van der Waals surface area contributed by atoms with Crippen LogP contribution in [0.25, 0.3) is 5.65 Å². The van der Waals surface area contributed by atoms with Gasteiger partial charge in [-0.2, -0.15) is 5.26 Å². The maximum absolute atomic E-state index is 8.77. The van der Waals surface area contributed by atoms with Crippen LogP contribution >= 0.6 is 0 Å². The van der Waals surface area contributed by atoms with Crippen molar-refractivity contribution in [2.24, 2.45) is 0 Å². The quantitative estimate of drug-likeness (QED) is 0.787. The van der Waals surface area contributed by atoms with Crippen LogP contribution in [0.3, 0.4) is 0 Å². The summed E-state index contributed by atoms with van der Waals surface area (Å²) in [5, 5.41) is 8.77. The number of fused-ring (bicyclic) bond motifs is 1. The van der Waals surface area contributed by atoms with Crippen molar-refractivity contribution in [1.82, 2.24) is 9.38 Å². The highest BCUT2D eigenvalue weighted by Gasteiger charge is 2.11. The van der Waals surface area contributed by atoms with E-state index in [1.54, 1.807) is 0 Å². The maximum atomic E-state index is 8.77. The Hall–Kier alpha value is -2.02. The minimum atomic E-state index is 0.364. The molecule has 2 rings (SSSR count). The molecule has 0 N–H and O–H groups in total. The zero-order valence-corrected chi connectivity index (χ0v) is 9.40. The SMILES string of the molecule is CCOc1cccn2c(CC#N)c(C)nc12. The molecule has 0 fully saturated rings. The van der Waals surface area contributed by atoms with Crippen molar-refractivity contribution in [3.8, 4) is 11.8 Å². The van der Waals surface area contributed by atoms with Gasteiger partial charge < -0.3 is 4.74 Å². The van der Waals surface area contributed by atoms with E-state index in [9.17, 15) is 0 Å². The molecule has 2 aromatic heterocycles. The minimum Gasteiger partial charge on any atom is -0.490 e. The van der Waals surface area contributed by atoms with E-state index in [2.05, 4.69) is 11.1 Å². The Morgan fingerprint density at radius 3 is 3.06 bits per heavy atom. The molecule has 2 heterocycles. The van der Waals surface area contributed by atoms with Crippen molar-refractivity contribution in [2.75, 3.05) is 6.61 Å². The van der Waals surface area contributed by atoms with Crippen LogP contribution in [0.1, 0.15) is 18.3 Å². The van der Waals surface area contributed by atoms with E-state index < -0.39 is 0 Å². The number of nitrogens with zero attached hydrogens (tertiary/aromatic N) is 3. The number of pyridine rings is 1. The summed E-state index contributed by atoms with van der Waals surface area (Å²) in [7, 11) is 0. The van der Waals surface area contributed by atoms with Crippen LogP contribution in [-0.2, 0) is 6.42 Å². The zero-order chi connectivity index (χ0) is 11.5. The molecule has 0 radical (unpaired) electrons. The van der Waals surface area contributed by atoms with Gasteiger partial charge in [-0.25, -0.2) is 4.98 Å². The molecule has 0 amide bonds. The van der Waals surface area contributed by atoms with Crippen LogP contribution in [-0.4, -0.2) is 16.0 Å². The highest BCUT2D eigenvalue weighted by molar-refractivity contribution is 5.56. The average molecular weight is 215 g/mol. The van der Waals surface area contributed by atoms with E-state index in [0.717, 1.165) is 22.8 Å². The summed E-state index contributed by atoms with van der Waals surface area (Å²) in [4.78, 5) is 4.44. The average Bonchev–Trinajstić information content (AvgIpc) is 2.59. The largest absolute Gasteiger partial charge is 0.490 e. The van der Waals surface area contributed by atoms with Crippen molar-refractivity contribution in [2.45, 2.75) is 20.3 Å². The fourth-order valence-electron chi connectivity index (χ4n) is 1.76. The third-order valence-electron chi connectivity index (χ3n) is 2.46. The minimum absolute atomic E-state index is 0.364. The number of hydrogen-bond donors (Lipinski definition) is 0. The third kappa shape index (κ3) is 1.61. The number of imidazole rings is 1. The van der Waals surface area contributed by atoms with Crippen molar-refractivity contribution in [1.29, 1.82) is 5.26 Å².